The summed E-state index contributed by atoms with van der Waals surface area (Å²) in [5.41, 5.74) is -2.48. The van der Waals surface area contributed by atoms with E-state index in [9.17, 15) is 22.8 Å². The lowest BCUT2D eigenvalue weighted by Crippen LogP contribution is -2.20. The first-order valence-electron chi connectivity index (χ1n) is 6.55. The van der Waals surface area contributed by atoms with Crippen LogP contribution in [0.5, 0.6) is 0 Å². The Hall–Kier alpha value is -2.46. The highest BCUT2D eigenvalue weighted by Gasteiger charge is 2.35. The lowest BCUT2D eigenvalue weighted by molar-refractivity contribution is -0.136. The van der Waals surface area contributed by atoms with Gasteiger partial charge in [-0.25, -0.2) is 9.78 Å². The number of pyridine rings is 1. The Bertz CT molecular complexity index is 1190. The molecule has 0 atom stereocenters. The number of aromatic amines is 2. The van der Waals surface area contributed by atoms with Crippen LogP contribution in [0.4, 0.5) is 13.2 Å². The zero-order valence-corrected chi connectivity index (χ0v) is 13.2. The molecule has 0 aliphatic carbocycles. The Morgan fingerprint density at radius 3 is 2.62 bits per heavy atom. The van der Waals surface area contributed by atoms with Crippen LogP contribution in [0.2, 0.25) is 0 Å². The van der Waals surface area contributed by atoms with Crippen LogP contribution in [-0.4, -0.2) is 15.0 Å². The highest BCUT2D eigenvalue weighted by Crippen LogP contribution is 2.41. The van der Waals surface area contributed by atoms with Crippen LogP contribution in [0.15, 0.2) is 33.2 Å². The molecule has 4 heterocycles. The molecule has 0 amide bonds. The van der Waals surface area contributed by atoms with Gasteiger partial charge in [-0.05, 0) is 17.5 Å². The van der Waals surface area contributed by atoms with E-state index < -0.39 is 23.0 Å². The van der Waals surface area contributed by atoms with E-state index in [2.05, 4.69) is 9.97 Å². The van der Waals surface area contributed by atoms with Crippen LogP contribution in [0.3, 0.4) is 0 Å². The largest absolute Gasteiger partial charge is 0.417 e. The van der Waals surface area contributed by atoms with E-state index >= 15 is 0 Å². The maximum Gasteiger partial charge on any atom is 0.417 e. The molecule has 24 heavy (non-hydrogen) atoms. The molecule has 0 unspecified atom stereocenters. The fraction of sp³-hybridized carbons (Fsp3) is 0.0714. The number of alkyl halides is 3. The van der Waals surface area contributed by atoms with Crippen LogP contribution < -0.4 is 11.2 Å². The molecule has 10 heteroatoms. The number of thiophene rings is 2. The second-order valence-corrected chi connectivity index (χ2v) is 6.87. The first kappa shape index (κ1) is 15.1. The van der Waals surface area contributed by atoms with E-state index in [4.69, 9.17) is 0 Å². The molecule has 4 aromatic heterocycles. The molecule has 122 valence electrons. The van der Waals surface area contributed by atoms with Gasteiger partial charge in [0.1, 0.15) is 9.53 Å². The summed E-state index contributed by atoms with van der Waals surface area (Å²) in [5, 5.41) is 1.48. The molecule has 4 aromatic rings. The molecule has 4 rings (SSSR count). The quantitative estimate of drug-likeness (QED) is 0.538. The molecule has 0 bridgehead atoms. The van der Waals surface area contributed by atoms with Gasteiger partial charge in [-0.2, -0.15) is 13.2 Å². The molecule has 0 aromatic carbocycles. The molecule has 0 saturated heterocycles. The van der Waals surface area contributed by atoms with E-state index in [1.54, 1.807) is 17.5 Å². The smallest absolute Gasteiger partial charge is 0.305 e. The zero-order chi connectivity index (χ0) is 17.1. The normalized spacial score (nSPS) is 12.3. The van der Waals surface area contributed by atoms with Crippen LogP contribution in [0.25, 0.3) is 31.0 Å². The van der Waals surface area contributed by atoms with E-state index in [-0.39, 0.29) is 26.1 Å². The summed E-state index contributed by atoms with van der Waals surface area (Å²) in [6.07, 6.45) is -4.65. The highest BCUT2D eigenvalue weighted by atomic mass is 32.1. The number of fused-ring (bicyclic) bond motifs is 3. The fourth-order valence-corrected chi connectivity index (χ4v) is 4.19. The molecule has 0 saturated carbocycles. The van der Waals surface area contributed by atoms with Gasteiger partial charge in [0.05, 0.1) is 21.7 Å². The fourth-order valence-electron chi connectivity index (χ4n) is 2.46. The molecule has 0 aliphatic heterocycles. The zero-order valence-electron chi connectivity index (χ0n) is 11.5. The SMILES string of the molecule is O=c1[nH]c(=O)c2sc3nc(-c4cccs4)cc(C(F)(F)F)c3c2[nH]1. The third-order valence-corrected chi connectivity index (χ3v) is 5.39. The van der Waals surface area contributed by atoms with Crippen molar-refractivity contribution in [1.82, 2.24) is 15.0 Å². The van der Waals surface area contributed by atoms with E-state index in [1.807, 2.05) is 4.98 Å². The summed E-state index contributed by atoms with van der Waals surface area (Å²) < 4.78 is 40.7. The van der Waals surface area contributed by atoms with Gasteiger partial charge in [-0.15, -0.1) is 22.7 Å². The molecule has 2 N–H and O–H groups in total. The summed E-state index contributed by atoms with van der Waals surface area (Å²) in [6.45, 7) is 0. The first-order chi connectivity index (χ1) is 11.3. The summed E-state index contributed by atoms with van der Waals surface area (Å²) in [5.74, 6) is 0. The van der Waals surface area contributed by atoms with E-state index in [0.29, 0.717) is 4.88 Å². The van der Waals surface area contributed by atoms with Crippen molar-refractivity contribution in [2.45, 2.75) is 6.18 Å². The average Bonchev–Trinajstić information content (AvgIpc) is 3.12. The maximum atomic E-state index is 13.5. The van der Waals surface area contributed by atoms with Crippen molar-refractivity contribution in [1.29, 1.82) is 0 Å². The minimum Gasteiger partial charge on any atom is -0.305 e. The average molecular weight is 369 g/mol. The Labute approximate surface area is 138 Å². The van der Waals surface area contributed by atoms with E-state index in [0.717, 1.165) is 17.4 Å². The van der Waals surface area contributed by atoms with Crippen LogP contribution in [-0.2, 0) is 6.18 Å². The van der Waals surface area contributed by atoms with Gasteiger partial charge in [0, 0.05) is 5.39 Å². The van der Waals surface area contributed by atoms with E-state index in [1.165, 1.54) is 11.3 Å². The molecule has 5 nitrogen and oxygen atoms in total. The van der Waals surface area contributed by atoms with Crippen molar-refractivity contribution in [3.8, 4) is 10.6 Å². The molecule has 0 radical (unpaired) electrons. The van der Waals surface area contributed by atoms with Gasteiger partial charge < -0.3 is 4.98 Å². The molecule has 0 spiro atoms. The van der Waals surface area contributed by atoms with Gasteiger partial charge in [0.2, 0.25) is 0 Å². The number of hydrogen-bond donors (Lipinski definition) is 2. The summed E-state index contributed by atoms with van der Waals surface area (Å²) >= 11 is 2.08. The first-order valence-corrected chi connectivity index (χ1v) is 8.25. The van der Waals surface area contributed by atoms with Crippen molar-refractivity contribution in [2.75, 3.05) is 0 Å². The Kier molecular flexibility index (Phi) is 3.15. The van der Waals surface area contributed by atoms with Gasteiger partial charge in [-0.1, -0.05) is 6.07 Å². The number of aromatic nitrogens is 3. The second kappa shape index (κ2) is 5.02. The minimum atomic E-state index is -4.65. The highest BCUT2D eigenvalue weighted by molar-refractivity contribution is 7.25. The summed E-state index contributed by atoms with van der Waals surface area (Å²) in [6, 6.07) is 4.33. The third kappa shape index (κ3) is 2.26. The topological polar surface area (TPSA) is 78.6 Å². The Morgan fingerprint density at radius 2 is 1.96 bits per heavy atom. The predicted molar refractivity (Wildman–Crippen MR) is 86.7 cm³/mol. The Morgan fingerprint density at radius 1 is 1.17 bits per heavy atom. The third-order valence-electron chi connectivity index (χ3n) is 3.41. The lowest BCUT2D eigenvalue weighted by Gasteiger charge is -2.10. The van der Waals surface area contributed by atoms with Gasteiger partial charge in [-0.3, -0.25) is 9.78 Å². The van der Waals surface area contributed by atoms with Crippen molar-refractivity contribution in [3.05, 3.63) is 50.0 Å². The summed E-state index contributed by atoms with van der Waals surface area (Å²) in [7, 11) is 0. The van der Waals surface area contributed by atoms with Crippen LogP contribution in [0.1, 0.15) is 5.56 Å². The predicted octanol–water partition coefficient (Wildman–Crippen LogP) is 3.57. The monoisotopic (exact) mass is 369 g/mol. The van der Waals surface area contributed by atoms with Gasteiger partial charge >= 0.3 is 11.9 Å². The van der Waals surface area contributed by atoms with Crippen molar-refractivity contribution in [3.63, 3.8) is 0 Å². The maximum absolute atomic E-state index is 13.5. The summed E-state index contributed by atoms with van der Waals surface area (Å²) in [4.78, 5) is 32.5. The molecule has 0 fully saturated rings. The van der Waals surface area contributed by atoms with Crippen LogP contribution >= 0.6 is 22.7 Å². The molecular formula is C14H6F3N3O2S2. The number of H-pyrrole nitrogens is 2. The lowest BCUT2D eigenvalue weighted by atomic mass is 10.1. The van der Waals surface area contributed by atoms with Crippen molar-refractivity contribution in [2.24, 2.45) is 0 Å². The number of halogens is 3. The van der Waals surface area contributed by atoms with Gasteiger partial charge in [0.25, 0.3) is 5.56 Å². The standard InChI is InChI=1S/C14H6F3N3O2S2/c15-14(16,17)5-4-6(7-2-1-3-23-7)18-12-8(5)9-10(24-12)11(21)20-13(22)19-9/h1-4H,(H2,19,20,21,22). The second-order valence-electron chi connectivity index (χ2n) is 4.92. The minimum absolute atomic E-state index is 0.00549. The molecule has 0 aliphatic rings. The van der Waals surface area contributed by atoms with Crippen molar-refractivity contribution >= 4 is 43.1 Å². The Balaban J connectivity index is 2.21. The number of hydrogen-bond acceptors (Lipinski definition) is 5. The number of nitrogens with one attached hydrogen (secondary N) is 2. The number of nitrogens with zero attached hydrogens (tertiary/aromatic N) is 1. The van der Waals surface area contributed by atoms with Gasteiger partial charge in [0.15, 0.2) is 0 Å². The molecular weight excluding hydrogens is 363 g/mol. The van der Waals surface area contributed by atoms with Crippen LogP contribution in [0, 0.1) is 0 Å². The number of rotatable bonds is 1. The van der Waals surface area contributed by atoms with Crippen molar-refractivity contribution < 1.29 is 13.2 Å².